The molecule has 3 atom stereocenters. The molecule has 1 aromatic carbocycles. The molecule has 0 amide bonds. The Kier molecular flexibility index (Phi) is 3.17. The summed E-state index contributed by atoms with van der Waals surface area (Å²) >= 11 is 0. The summed E-state index contributed by atoms with van der Waals surface area (Å²) in [5.74, 6) is 1.05. The van der Waals surface area contributed by atoms with Crippen molar-refractivity contribution in [1.29, 1.82) is 0 Å². The minimum absolute atomic E-state index is 0.134. The first-order valence-electron chi connectivity index (χ1n) is 6.47. The smallest absolute Gasteiger partial charge is 0.125 e. The van der Waals surface area contributed by atoms with E-state index in [9.17, 15) is 0 Å². The van der Waals surface area contributed by atoms with Gasteiger partial charge >= 0.3 is 0 Å². The minimum Gasteiger partial charge on any atom is -0.489 e. The van der Waals surface area contributed by atoms with Crippen LogP contribution in [0.1, 0.15) is 37.8 Å². The van der Waals surface area contributed by atoms with E-state index in [-0.39, 0.29) is 17.6 Å². The van der Waals surface area contributed by atoms with Crippen LogP contribution in [-0.4, -0.2) is 12.1 Å². The lowest BCUT2D eigenvalue weighted by Gasteiger charge is -2.51. The van der Waals surface area contributed by atoms with Gasteiger partial charge in [-0.1, -0.05) is 32.0 Å². The Morgan fingerprint density at radius 2 is 1.94 bits per heavy atom. The zero-order valence-corrected chi connectivity index (χ0v) is 11.3. The van der Waals surface area contributed by atoms with Crippen molar-refractivity contribution in [3.63, 3.8) is 0 Å². The van der Waals surface area contributed by atoms with E-state index in [0.29, 0.717) is 0 Å². The van der Waals surface area contributed by atoms with Gasteiger partial charge in [0.2, 0.25) is 0 Å². The van der Waals surface area contributed by atoms with E-state index >= 15 is 0 Å². The van der Waals surface area contributed by atoms with Crippen LogP contribution in [0.2, 0.25) is 0 Å². The van der Waals surface area contributed by atoms with Gasteiger partial charge in [0.05, 0.1) is 0 Å². The summed E-state index contributed by atoms with van der Waals surface area (Å²) in [4.78, 5) is 0. The van der Waals surface area contributed by atoms with Gasteiger partial charge in [-0.2, -0.15) is 0 Å². The van der Waals surface area contributed by atoms with Crippen LogP contribution in [0.25, 0.3) is 0 Å². The fourth-order valence-electron chi connectivity index (χ4n) is 2.65. The Morgan fingerprint density at radius 1 is 1.35 bits per heavy atom. The monoisotopic (exact) mass is 233 g/mol. The van der Waals surface area contributed by atoms with Crippen molar-refractivity contribution in [1.82, 2.24) is 0 Å². The van der Waals surface area contributed by atoms with Crippen LogP contribution in [-0.2, 0) is 0 Å². The van der Waals surface area contributed by atoms with Crippen molar-refractivity contribution in [3.05, 3.63) is 29.3 Å². The highest BCUT2D eigenvalue weighted by atomic mass is 16.5. The van der Waals surface area contributed by atoms with E-state index in [2.05, 4.69) is 45.9 Å². The van der Waals surface area contributed by atoms with E-state index in [1.807, 2.05) is 0 Å². The molecular formula is C15H23NO. The summed E-state index contributed by atoms with van der Waals surface area (Å²) in [6.45, 7) is 8.63. The average molecular weight is 233 g/mol. The summed E-state index contributed by atoms with van der Waals surface area (Å²) in [6.07, 6.45) is 2.31. The third-order valence-corrected chi connectivity index (χ3v) is 4.48. The molecule has 2 rings (SSSR count). The maximum Gasteiger partial charge on any atom is 0.125 e. The number of aryl methyl sites for hydroxylation is 2. The van der Waals surface area contributed by atoms with Crippen molar-refractivity contribution in [2.75, 3.05) is 0 Å². The van der Waals surface area contributed by atoms with Crippen LogP contribution < -0.4 is 10.5 Å². The zero-order valence-electron chi connectivity index (χ0n) is 11.3. The topological polar surface area (TPSA) is 35.2 Å². The number of rotatable bonds is 3. The Balaban J connectivity index is 2.18. The molecule has 17 heavy (non-hydrogen) atoms. The van der Waals surface area contributed by atoms with Crippen LogP contribution in [0.3, 0.4) is 0 Å². The van der Waals surface area contributed by atoms with E-state index in [1.165, 1.54) is 11.1 Å². The molecule has 2 heteroatoms. The van der Waals surface area contributed by atoms with Crippen molar-refractivity contribution in [2.45, 2.75) is 52.7 Å². The lowest BCUT2D eigenvalue weighted by Crippen LogP contribution is -2.61. The molecular weight excluding hydrogens is 210 g/mol. The zero-order chi connectivity index (χ0) is 12.6. The molecule has 1 fully saturated rings. The number of hydrogen-bond acceptors (Lipinski definition) is 2. The molecule has 2 nitrogen and oxygen atoms in total. The van der Waals surface area contributed by atoms with Gasteiger partial charge in [-0.3, -0.25) is 0 Å². The first-order valence-corrected chi connectivity index (χ1v) is 6.47. The molecule has 0 bridgehead atoms. The van der Waals surface area contributed by atoms with Crippen molar-refractivity contribution in [3.8, 4) is 5.75 Å². The second-order valence-corrected chi connectivity index (χ2v) is 5.53. The molecule has 2 N–H and O–H groups in total. The first-order chi connectivity index (χ1) is 7.99. The molecule has 3 unspecified atom stereocenters. The second kappa shape index (κ2) is 4.34. The van der Waals surface area contributed by atoms with Crippen LogP contribution in [0, 0.1) is 19.3 Å². The number of nitrogens with two attached hydrogens (primary N) is 1. The summed E-state index contributed by atoms with van der Waals surface area (Å²) in [5, 5.41) is 0. The second-order valence-electron chi connectivity index (χ2n) is 5.53. The lowest BCUT2D eigenvalue weighted by molar-refractivity contribution is -0.0566. The Hall–Kier alpha value is -1.02. The number of benzene rings is 1. The van der Waals surface area contributed by atoms with E-state index < -0.39 is 0 Å². The fourth-order valence-corrected chi connectivity index (χ4v) is 2.65. The van der Waals surface area contributed by atoms with Crippen molar-refractivity contribution >= 4 is 0 Å². The number of para-hydroxylation sites is 1. The van der Waals surface area contributed by atoms with Gasteiger partial charge in [0.15, 0.2) is 0 Å². The largest absolute Gasteiger partial charge is 0.489 e. The Labute approximate surface area is 104 Å². The molecule has 0 heterocycles. The minimum atomic E-state index is 0.134. The quantitative estimate of drug-likeness (QED) is 0.870. The highest BCUT2D eigenvalue weighted by Gasteiger charge is 2.50. The molecule has 0 saturated heterocycles. The predicted octanol–water partition coefficient (Wildman–Crippen LogP) is 3.20. The standard InChI is InChI=1S/C15H23NO/c1-5-15(4)12(16)9-13(15)17-14-10(2)7-6-8-11(14)3/h6-8,12-13H,5,9,16H2,1-4H3. The number of hydrogen-bond donors (Lipinski definition) is 1. The maximum absolute atomic E-state index is 6.21. The molecule has 1 saturated carbocycles. The fraction of sp³-hybridized carbons (Fsp3) is 0.600. The molecule has 1 aromatic rings. The summed E-state index contributed by atoms with van der Waals surface area (Å²) < 4.78 is 6.21. The third-order valence-electron chi connectivity index (χ3n) is 4.48. The molecule has 1 aliphatic carbocycles. The highest BCUT2D eigenvalue weighted by Crippen LogP contribution is 2.45. The normalized spacial score (nSPS) is 32.1. The molecule has 1 aliphatic rings. The van der Waals surface area contributed by atoms with Gasteiger partial charge < -0.3 is 10.5 Å². The lowest BCUT2D eigenvalue weighted by atomic mass is 9.62. The molecule has 0 radical (unpaired) electrons. The Morgan fingerprint density at radius 3 is 2.41 bits per heavy atom. The molecule has 0 spiro atoms. The van der Waals surface area contributed by atoms with E-state index in [1.54, 1.807) is 0 Å². The van der Waals surface area contributed by atoms with Gasteiger partial charge in [-0.15, -0.1) is 0 Å². The number of ether oxygens (including phenoxy) is 1. The van der Waals surface area contributed by atoms with Gasteiger partial charge in [0, 0.05) is 17.9 Å². The van der Waals surface area contributed by atoms with Crippen molar-refractivity contribution < 1.29 is 4.74 Å². The molecule has 94 valence electrons. The van der Waals surface area contributed by atoms with Crippen LogP contribution in [0.4, 0.5) is 0 Å². The van der Waals surface area contributed by atoms with Crippen LogP contribution >= 0.6 is 0 Å². The molecule has 0 aliphatic heterocycles. The summed E-state index contributed by atoms with van der Waals surface area (Å²) in [6, 6.07) is 6.55. The van der Waals surface area contributed by atoms with Crippen LogP contribution in [0.15, 0.2) is 18.2 Å². The summed E-state index contributed by atoms with van der Waals surface area (Å²) in [5.41, 5.74) is 8.67. The highest BCUT2D eigenvalue weighted by molar-refractivity contribution is 5.40. The molecule has 0 aromatic heterocycles. The maximum atomic E-state index is 6.21. The van der Waals surface area contributed by atoms with Gasteiger partial charge in [0.25, 0.3) is 0 Å². The third kappa shape index (κ3) is 1.95. The SMILES string of the molecule is CCC1(C)C(N)CC1Oc1c(C)cccc1C. The Bertz CT molecular complexity index is 395. The van der Waals surface area contributed by atoms with E-state index in [0.717, 1.165) is 18.6 Å². The van der Waals surface area contributed by atoms with Gasteiger partial charge in [0.1, 0.15) is 11.9 Å². The van der Waals surface area contributed by atoms with Gasteiger partial charge in [-0.05, 0) is 31.4 Å². The first kappa shape index (κ1) is 12.4. The van der Waals surface area contributed by atoms with Crippen molar-refractivity contribution in [2.24, 2.45) is 11.1 Å². The van der Waals surface area contributed by atoms with Gasteiger partial charge in [-0.25, -0.2) is 0 Å². The van der Waals surface area contributed by atoms with Crippen LogP contribution in [0.5, 0.6) is 5.75 Å². The predicted molar refractivity (Wildman–Crippen MR) is 71.3 cm³/mol. The van der Waals surface area contributed by atoms with E-state index in [4.69, 9.17) is 10.5 Å². The average Bonchev–Trinajstić information content (AvgIpc) is 2.31. The summed E-state index contributed by atoms with van der Waals surface area (Å²) in [7, 11) is 0.